The van der Waals surface area contributed by atoms with Crippen molar-refractivity contribution in [1.29, 1.82) is 0 Å². The molecule has 0 N–H and O–H groups in total. The Morgan fingerprint density at radius 1 is 0.258 bits per heavy atom. The minimum atomic E-state index is 1.07. The number of anilines is 3. The van der Waals surface area contributed by atoms with Crippen LogP contribution in [0.1, 0.15) is 0 Å². The van der Waals surface area contributed by atoms with Gasteiger partial charge in [0.15, 0.2) is 0 Å². The molecule has 1 heterocycles. The van der Waals surface area contributed by atoms with Gasteiger partial charge in [0.05, 0.1) is 22.4 Å². The molecule has 1 aromatic heterocycles. The van der Waals surface area contributed by atoms with Crippen LogP contribution in [0.5, 0.6) is 0 Å². The molecule has 12 rings (SSSR count). The molecular weight excluding hydrogens is 797 g/mol. The Bertz CT molecular complexity index is 3640. The summed E-state index contributed by atoms with van der Waals surface area (Å²) >= 11 is 0. The van der Waals surface area contributed by atoms with E-state index in [4.69, 9.17) is 0 Å². The van der Waals surface area contributed by atoms with Crippen molar-refractivity contribution >= 4 is 49.6 Å². The molecule has 2 heteroatoms. The normalized spacial score (nSPS) is 11.3. The Hall–Kier alpha value is -8.72. The number of nitrogens with zero attached hydrogens (tertiary/aromatic N) is 2. The molecule has 0 spiro atoms. The molecule has 0 aliphatic heterocycles. The highest BCUT2D eigenvalue weighted by atomic mass is 15.1. The van der Waals surface area contributed by atoms with Gasteiger partial charge in [-0.3, -0.25) is 0 Å². The Morgan fingerprint density at radius 2 is 0.758 bits per heavy atom. The lowest BCUT2D eigenvalue weighted by atomic mass is 9.94. The van der Waals surface area contributed by atoms with Gasteiger partial charge in [-0.05, 0) is 116 Å². The zero-order chi connectivity index (χ0) is 43.8. The molecule has 0 unspecified atom stereocenters. The Kier molecular flexibility index (Phi) is 9.89. The van der Waals surface area contributed by atoms with Crippen LogP contribution in [0, 0.1) is 0 Å². The van der Waals surface area contributed by atoms with Crippen LogP contribution in [-0.4, -0.2) is 4.57 Å². The van der Waals surface area contributed by atoms with Gasteiger partial charge in [-0.25, -0.2) is 0 Å². The van der Waals surface area contributed by atoms with Crippen LogP contribution in [0.2, 0.25) is 0 Å². The predicted octanol–water partition coefficient (Wildman–Crippen LogP) is 17.7. The number of benzene rings is 11. The average molecular weight is 841 g/mol. The van der Waals surface area contributed by atoms with Gasteiger partial charge in [0.2, 0.25) is 0 Å². The Morgan fingerprint density at radius 3 is 1.52 bits per heavy atom. The van der Waals surface area contributed by atoms with Crippen molar-refractivity contribution in [2.75, 3.05) is 4.90 Å². The van der Waals surface area contributed by atoms with E-state index in [9.17, 15) is 0 Å². The van der Waals surface area contributed by atoms with Crippen LogP contribution >= 0.6 is 0 Å². The topological polar surface area (TPSA) is 8.17 Å². The number of hydrogen-bond acceptors (Lipinski definition) is 1. The SMILES string of the molecule is c1ccc(-c2cccc(N(c3ccc(-c4cccc(-c5cccc6ccccc56)c4)cc3)c3ccc(-c4ccccc4-n4c5ccccc5c5ccccc54)cc3-c3ccccc3)c2)cc1. The summed E-state index contributed by atoms with van der Waals surface area (Å²) in [6.45, 7) is 0. The van der Waals surface area contributed by atoms with Gasteiger partial charge in [0.1, 0.15) is 0 Å². The van der Waals surface area contributed by atoms with E-state index < -0.39 is 0 Å². The van der Waals surface area contributed by atoms with Crippen molar-refractivity contribution in [2.24, 2.45) is 0 Å². The van der Waals surface area contributed by atoms with Gasteiger partial charge in [-0.15, -0.1) is 0 Å². The lowest BCUT2D eigenvalue weighted by molar-refractivity contribution is 1.18. The summed E-state index contributed by atoms with van der Waals surface area (Å²) in [6, 6.07) is 96.9. The number of fused-ring (bicyclic) bond motifs is 4. The van der Waals surface area contributed by atoms with Crippen LogP contribution < -0.4 is 4.90 Å². The third-order valence-electron chi connectivity index (χ3n) is 13.0. The maximum absolute atomic E-state index is 2.43. The van der Waals surface area contributed by atoms with E-state index in [1.807, 2.05) is 0 Å². The lowest BCUT2D eigenvalue weighted by Crippen LogP contribution is -2.11. The molecule has 12 aromatic rings. The molecule has 0 aliphatic carbocycles. The maximum Gasteiger partial charge on any atom is 0.0541 e. The summed E-state index contributed by atoms with van der Waals surface area (Å²) in [5.74, 6) is 0. The van der Waals surface area contributed by atoms with Crippen LogP contribution in [0.25, 0.3) is 93.9 Å². The van der Waals surface area contributed by atoms with Gasteiger partial charge >= 0.3 is 0 Å². The van der Waals surface area contributed by atoms with Gasteiger partial charge in [-0.1, -0.05) is 206 Å². The molecule has 2 nitrogen and oxygen atoms in total. The summed E-state index contributed by atoms with van der Waals surface area (Å²) in [7, 11) is 0. The molecule has 0 amide bonds. The molecule has 0 fully saturated rings. The fraction of sp³-hybridized carbons (Fsp3) is 0. The number of hydrogen-bond donors (Lipinski definition) is 0. The first-order valence-corrected chi connectivity index (χ1v) is 22.7. The fourth-order valence-electron chi connectivity index (χ4n) is 9.87. The largest absolute Gasteiger partial charge is 0.310 e. The van der Waals surface area contributed by atoms with E-state index in [1.54, 1.807) is 0 Å². The number of para-hydroxylation sites is 3. The van der Waals surface area contributed by atoms with E-state index in [2.05, 4.69) is 276 Å². The summed E-state index contributed by atoms with van der Waals surface area (Å²) in [4.78, 5) is 2.42. The number of aromatic nitrogens is 1. The van der Waals surface area contributed by atoms with E-state index in [-0.39, 0.29) is 0 Å². The molecule has 11 aromatic carbocycles. The Balaban J connectivity index is 1.02. The summed E-state index contributed by atoms with van der Waals surface area (Å²) < 4.78 is 2.43. The van der Waals surface area contributed by atoms with Crippen molar-refractivity contribution in [2.45, 2.75) is 0 Å². The Labute approximate surface area is 385 Å². The highest BCUT2D eigenvalue weighted by Crippen LogP contribution is 2.45. The molecule has 0 radical (unpaired) electrons. The smallest absolute Gasteiger partial charge is 0.0541 e. The van der Waals surface area contributed by atoms with Crippen LogP contribution in [0.3, 0.4) is 0 Å². The fourth-order valence-corrected chi connectivity index (χ4v) is 9.87. The van der Waals surface area contributed by atoms with Crippen LogP contribution in [0.4, 0.5) is 17.1 Å². The second kappa shape index (κ2) is 16.8. The summed E-state index contributed by atoms with van der Waals surface area (Å²) in [6.07, 6.45) is 0. The highest BCUT2D eigenvalue weighted by Gasteiger charge is 2.21. The van der Waals surface area contributed by atoms with Crippen molar-refractivity contribution in [1.82, 2.24) is 4.57 Å². The quantitative estimate of drug-likeness (QED) is 0.141. The van der Waals surface area contributed by atoms with E-state index >= 15 is 0 Å². The summed E-state index contributed by atoms with van der Waals surface area (Å²) in [5.41, 5.74) is 18.5. The molecule has 0 saturated heterocycles. The zero-order valence-electron chi connectivity index (χ0n) is 36.3. The molecule has 310 valence electrons. The van der Waals surface area contributed by atoms with Crippen molar-refractivity contribution in [3.8, 4) is 61.3 Å². The maximum atomic E-state index is 2.43. The van der Waals surface area contributed by atoms with Gasteiger partial charge < -0.3 is 9.47 Å². The molecule has 0 saturated carbocycles. The van der Waals surface area contributed by atoms with Crippen molar-refractivity contribution in [3.63, 3.8) is 0 Å². The third kappa shape index (κ3) is 7.02. The van der Waals surface area contributed by atoms with E-state index in [1.165, 1.54) is 66.0 Å². The highest BCUT2D eigenvalue weighted by molar-refractivity contribution is 6.10. The second-order valence-electron chi connectivity index (χ2n) is 16.9. The first-order valence-electron chi connectivity index (χ1n) is 22.7. The van der Waals surface area contributed by atoms with Crippen LogP contribution in [-0.2, 0) is 0 Å². The molecule has 0 aliphatic rings. The molecular formula is C64H44N2. The second-order valence-corrected chi connectivity index (χ2v) is 16.9. The predicted molar refractivity (Wildman–Crippen MR) is 280 cm³/mol. The lowest BCUT2D eigenvalue weighted by Gasteiger charge is -2.29. The van der Waals surface area contributed by atoms with E-state index in [0.717, 1.165) is 45.0 Å². The molecule has 0 atom stereocenters. The van der Waals surface area contributed by atoms with Crippen LogP contribution in [0.15, 0.2) is 267 Å². The average Bonchev–Trinajstić information content (AvgIpc) is 3.74. The van der Waals surface area contributed by atoms with Gasteiger partial charge in [0.25, 0.3) is 0 Å². The van der Waals surface area contributed by atoms with Crippen molar-refractivity contribution < 1.29 is 0 Å². The van der Waals surface area contributed by atoms with E-state index in [0.29, 0.717) is 0 Å². The first-order chi connectivity index (χ1) is 32.7. The summed E-state index contributed by atoms with van der Waals surface area (Å²) in [5, 5.41) is 5.01. The first kappa shape index (κ1) is 38.9. The standard InChI is InChI=1S/C64H44N2/c1-3-18-45(19-4-1)50-25-16-27-54(43-50)65(53-39-36-46(37-40-53)49-24-15-26-51(42-49)56-32-17-23-47-22-7-8-28-55(47)56)64-41-38-52(44-60(64)48-20-5-2-6-21-48)57-29-9-12-33-61(57)66-62-34-13-10-30-58(62)59-31-11-14-35-63(59)66/h1-44H. The zero-order valence-corrected chi connectivity index (χ0v) is 36.3. The van der Waals surface area contributed by atoms with Gasteiger partial charge in [-0.2, -0.15) is 0 Å². The number of rotatable bonds is 9. The third-order valence-corrected chi connectivity index (χ3v) is 13.0. The minimum absolute atomic E-state index is 1.07. The monoisotopic (exact) mass is 840 g/mol. The molecule has 0 bridgehead atoms. The van der Waals surface area contributed by atoms with Gasteiger partial charge in [0, 0.05) is 33.3 Å². The minimum Gasteiger partial charge on any atom is -0.310 e. The van der Waals surface area contributed by atoms with Crippen molar-refractivity contribution in [3.05, 3.63) is 267 Å². The molecule has 66 heavy (non-hydrogen) atoms.